The third-order valence-corrected chi connectivity index (χ3v) is 1.26. The molecule has 0 bridgehead atoms. The van der Waals surface area contributed by atoms with Gasteiger partial charge in [0.1, 0.15) is 19.3 Å². The molecular weight excluding hydrogens is 196 g/mol. The molecule has 6 heteroatoms. The molecule has 6 nitrogen and oxygen atoms in total. The van der Waals surface area contributed by atoms with Gasteiger partial charge in [0.05, 0.1) is 0 Å². The van der Waals surface area contributed by atoms with E-state index in [1.165, 1.54) is 0 Å². The van der Waals surface area contributed by atoms with Crippen LogP contribution < -0.4 is 5.73 Å². The fourth-order valence-corrected chi connectivity index (χ4v) is 0.576. The van der Waals surface area contributed by atoms with Gasteiger partial charge >= 0.3 is 0 Å². The summed E-state index contributed by atoms with van der Waals surface area (Å²) in [7, 11) is 0. The Morgan fingerprint density at radius 2 is 1.73 bits per heavy atom. The molecule has 2 N–H and O–H groups in total. The summed E-state index contributed by atoms with van der Waals surface area (Å²) in [6, 6.07) is 1.78. The van der Waals surface area contributed by atoms with E-state index in [9.17, 15) is 0 Å². The molecule has 84 valence electrons. The van der Waals surface area contributed by atoms with Crippen molar-refractivity contribution in [3.05, 3.63) is 0 Å². The number of hydrogen-bond donors (Lipinski definition) is 1. The fraction of sp³-hybridized carbons (Fsp3) is 0.667. The van der Waals surface area contributed by atoms with Crippen molar-refractivity contribution in [1.29, 1.82) is 5.26 Å². The second kappa shape index (κ2) is 8.81. The molecule has 0 aliphatic carbocycles. The Labute approximate surface area is 89.3 Å². The summed E-state index contributed by atoms with van der Waals surface area (Å²) in [6.07, 6.45) is 1.63. The van der Waals surface area contributed by atoms with Crippen molar-refractivity contribution in [3.63, 3.8) is 0 Å². The molecule has 0 aromatic rings. The van der Waals surface area contributed by atoms with Crippen LogP contribution in [0.25, 0.3) is 0 Å². The largest absolute Gasteiger partial charge is 0.395 e. The standard InChI is InChI=1S/C9H16N4O2/c1-3-5-14-12-8(7-10)9(11)13-15-6-4-2/h3-6H2,1-2H3,(H2,11,13)/b12-8-. The zero-order chi connectivity index (χ0) is 11.5. The molecule has 0 aliphatic rings. The lowest BCUT2D eigenvalue weighted by Gasteiger charge is -1.99. The minimum atomic E-state index is -0.0699. The van der Waals surface area contributed by atoms with Gasteiger partial charge in [-0.2, -0.15) is 5.26 Å². The van der Waals surface area contributed by atoms with E-state index in [0.29, 0.717) is 13.2 Å². The van der Waals surface area contributed by atoms with E-state index in [2.05, 4.69) is 10.3 Å². The molecule has 0 rings (SSSR count). The highest BCUT2D eigenvalue weighted by atomic mass is 16.6. The van der Waals surface area contributed by atoms with Crippen molar-refractivity contribution in [2.45, 2.75) is 26.7 Å². The molecule has 0 fully saturated rings. The summed E-state index contributed by atoms with van der Waals surface area (Å²) in [5.41, 5.74) is 5.37. The van der Waals surface area contributed by atoms with Crippen molar-refractivity contribution in [1.82, 2.24) is 0 Å². The van der Waals surface area contributed by atoms with E-state index in [-0.39, 0.29) is 11.5 Å². The van der Waals surface area contributed by atoms with Crippen LogP contribution >= 0.6 is 0 Å². The minimum Gasteiger partial charge on any atom is -0.395 e. The number of rotatable bonds is 7. The van der Waals surface area contributed by atoms with Gasteiger partial charge in [0.25, 0.3) is 0 Å². The molecule has 0 radical (unpaired) electrons. The molecule has 0 aromatic carbocycles. The predicted molar refractivity (Wildman–Crippen MR) is 57.2 cm³/mol. The van der Waals surface area contributed by atoms with Crippen LogP contribution in [0.2, 0.25) is 0 Å². The maximum Gasteiger partial charge on any atom is 0.224 e. The lowest BCUT2D eigenvalue weighted by molar-refractivity contribution is 0.142. The van der Waals surface area contributed by atoms with Crippen LogP contribution in [0.3, 0.4) is 0 Å². The van der Waals surface area contributed by atoms with Crippen molar-refractivity contribution in [2.24, 2.45) is 16.0 Å². The van der Waals surface area contributed by atoms with Gasteiger partial charge in [0.2, 0.25) is 11.5 Å². The van der Waals surface area contributed by atoms with Crippen molar-refractivity contribution in [2.75, 3.05) is 13.2 Å². The number of amidine groups is 1. The molecule has 0 heterocycles. The average molecular weight is 212 g/mol. The maximum absolute atomic E-state index is 8.68. The number of nitrogens with zero attached hydrogens (tertiary/aromatic N) is 3. The van der Waals surface area contributed by atoms with Gasteiger partial charge in [-0.3, -0.25) is 0 Å². The van der Waals surface area contributed by atoms with Gasteiger partial charge in [0, 0.05) is 0 Å². The Hall–Kier alpha value is -1.77. The molecule has 0 saturated heterocycles. The summed E-state index contributed by atoms with van der Waals surface area (Å²) >= 11 is 0. The fourth-order valence-electron chi connectivity index (χ4n) is 0.576. The van der Waals surface area contributed by atoms with Crippen molar-refractivity contribution in [3.8, 4) is 6.07 Å². The van der Waals surface area contributed by atoms with Crippen LogP contribution in [0, 0.1) is 11.3 Å². The second-order valence-electron chi connectivity index (χ2n) is 2.69. The Morgan fingerprint density at radius 3 is 2.20 bits per heavy atom. The molecule has 0 amide bonds. The number of oxime groups is 2. The maximum atomic E-state index is 8.68. The molecule has 0 saturated carbocycles. The summed E-state index contributed by atoms with van der Waals surface area (Å²) in [5.74, 6) is -0.0675. The Balaban J connectivity index is 4.21. The quantitative estimate of drug-likeness (QED) is 0.295. The third kappa shape index (κ3) is 6.32. The summed E-state index contributed by atoms with van der Waals surface area (Å²) in [5, 5.41) is 15.7. The van der Waals surface area contributed by atoms with Crippen LogP contribution in [0.1, 0.15) is 26.7 Å². The van der Waals surface area contributed by atoms with Gasteiger partial charge in [-0.05, 0) is 12.8 Å². The van der Waals surface area contributed by atoms with Crippen LogP contribution in [-0.2, 0) is 9.68 Å². The van der Waals surface area contributed by atoms with E-state index in [1.807, 2.05) is 13.8 Å². The first kappa shape index (κ1) is 13.2. The number of hydrogen-bond acceptors (Lipinski definition) is 5. The first-order valence-corrected chi connectivity index (χ1v) is 4.82. The summed E-state index contributed by atoms with van der Waals surface area (Å²) < 4.78 is 0. The molecule has 0 unspecified atom stereocenters. The topological polar surface area (TPSA) is 93.0 Å². The van der Waals surface area contributed by atoms with E-state index >= 15 is 0 Å². The smallest absolute Gasteiger partial charge is 0.224 e. The molecule has 0 spiro atoms. The first-order valence-electron chi connectivity index (χ1n) is 4.82. The molecule has 0 aromatic heterocycles. The Bertz CT molecular complexity index is 268. The Morgan fingerprint density at radius 1 is 1.20 bits per heavy atom. The van der Waals surface area contributed by atoms with Crippen LogP contribution in [0.4, 0.5) is 0 Å². The van der Waals surface area contributed by atoms with Gasteiger partial charge in [0.15, 0.2) is 0 Å². The molecule has 0 aliphatic heterocycles. The lowest BCUT2D eigenvalue weighted by atomic mass is 10.4. The molecular formula is C9H16N4O2. The van der Waals surface area contributed by atoms with Crippen molar-refractivity contribution >= 4 is 11.5 Å². The normalized spacial score (nSPS) is 12.1. The highest BCUT2D eigenvalue weighted by molar-refractivity contribution is 6.46. The molecule has 0 atom stereocenters. The zero-order valence-corrected chi connectivity index (χ0v) is 9.06. The number of nitriles is 1. The highest BCUT2D eigenvalue weighted by Crippen LogP contribution is 1.87. The van der Waals surface area contributed by atoms with Crippen LogP contribution in [-0.4, -0.2) is 24.8 Å². The molecule has 15 heavy (non-hydrogen) atoms. The van der Waals surface area contributed by atoms with Gasteiger partial charge in [-0.15, -0.1) is 0 Å². The monoisotopic (exact) mass is 212 g/mol. The van der Waals surface area contributed by atoms with E-state index in [0.717, 1.165) is 12.8 Å². The van der Waals surface area contributed by atoms with Crippen molar-refractivity contribution < 1.29 is 9.68 Å². The van der Waals surface area contributed by atoms with Gasteiger partial charge in [-0.1, -0.05) is 24.2 Å². The summed E-state index contributed by atoms with van der Waals surface area (Å²) in [6.45, 7) is 4.77. The minimum absolute atomic E-state index is 0.0675. The van der Waals surface area contributed by atoms with Crippen LogP contribution in [0.5, 0.6) is 0 Å². The zero-order valence-electron chi connectivity index (χ0n) is 9.06. The Kier molecular flexibility index (Phi) is 7.77. The van der Waals surface area contributed by atoms with Crippen LogP contribution in [0.15, 0.2) is 10.3 Å². The summed E-state index contributed by atoms with van der Waals surface area (Å²) in [4.78, 5) is 9.62. The average Bonchev–Trinajstić information content (AvgIpc) is 2.24. The number of nitrogens with two attached hydrogens (primary N) is 1. The SMILES string of the molecule is CCCO/N=C(C#N)\C(N)=N/OCCC. The first-order chi connectivity index (χ1) is 7.26. The van der Waals surface area contributed by atoms with Gasteiger partial charge < -0.3 is 15.4 Å². The van der Waals surface area contributed by atoms with Gasteiger partial charge in [-0.25, -0.2) is 0 Å². The third-order valence-electron chi connectivity index (χ3n) is 1.26. The second-order valence-corrected chi connectivity index (χ2v) is 2.69. The van der Waals surface area contributed by atoms with E-state index in [1.54, 1.807) is 6.07 Å². The lowest BCUT2D eigenvalue weighted by Crippen LogP contribution is -2.23. The van der Waals surface area contributed by atoms with E-state index < -0.39 is 0 Å². The van der Waals surface area contributed by atoms with E-state index in [4.69, 9.17) is 20.7 Å². The predicted octanol–water partition coefficient (Wildman–Crippen LogP) is 0.991. The highest BCUT2D eigenvalue weighted by Gasteiger charge is 2.05.